The average Bonchev–Trinajstić information content (AvgIpc) is 2.83. The summed E-state index contributed by atoms with van der Waals surface area (Å²) in [7, 11) is 0. The number of rotatable bonds is 4. The molecule has 0 saturated carbocycles. The first-order chi connectivity index (χ1) is 9.13. The number of nitrogens with zero attached hydrogens (tertiary/aromatic N) is 1. The Morgan fingerprint density at radius 2 is 1.95 bits per heavy atom. The fourth-order valence-electron chi connectivity index (χ4n) is 2.52. The monoisotopic (exact) mass is 286 g/mol. The molecule has 1 unspecified atom stereocenters. The highest BCUT2D eigenvalue weighted by Gasteiger charge is 2.23. The quantitative estimate of drug-likeness (QED) is 0.625. The number of hydrogen-bond acceptors (Lipinski definition) is 4. The van der Waals surface area contributed by atoms with Crippen molar-refractivity contribution in [1.82, 2.24) is 15.5 Å². The summed E-state index contributed by atoms with van der Waals surface area (Å²) < 4.78 is 5.23. The summed E-state index contributed by atoms with van der Waals surface area (Å²) in [5.41, 5.74) is 5.53. The standard InChI is InChI=1S/C12H22N4O2S/c13-11(19)7-16-4-1-9(2-5-16)14-12(17)15-10-3-6-18-8-10/h9-10H,1-8H2,(H2,13,19)(H2,14,15,17). The maximum atomic E-state index is 11.8. The molecule has 2 heterocycles. The van der Waals surface area contributed by atoms with Crippen molar-refractivity contribution in [3.8, 4) is 0 Å². The third-order valence-corrected chi connectivity index (χ3v) is 3.70. The third kappa shape index (κ3) is 4.93. The van der Waals surface area contributed by atoms with Crippen molar-refractivity contribution in [2.24, 2.45) is 5.73 Å². The Balaban J connectivity index is 1.64. The molecule has 2 amide bonds. The molecule has 0 spiro atoms. The number of piperidine rings is 1. The van der Waals surface area contributed by atoms with Crippen LogP contribution in [0.15, 0.2) is 0 Å². The molecular weight excluding hydrogens is 264 g/mol. The van der Waals surface area contributed by atoms with Crippen LogP contribution in [-0.4, -0.2) is 60.9 Å². The Hall–Kier alpha value is -0.920. The van der Waals surface area contributed by atoms with Crippen LogP contribution in [0.2, 0.25) is 0 Å². The molecule has 0 aromatic carbocycles. The lowest BCUT2D eigenvalue weighted by Crippen LogP contribution is -2.50. The molecule has 0 aliphatic carbocycles. The largest absolute Gasteiger partial charge is 0.392 e. The number of ether oxygens (including phenoxy) is 1. The van der Waals surface area contributed by atoms with Crippen LogP contribution >= 0.6 is 12.2 Å². The van der Waals surface area contributed by atoms with Gasteiger partial charge >= 0.3 is 6.03 Å². The van der Waals surface area contributed by atoms with Gasteiger partial charge in [-0.05, 0) is 19.3 Å². The fraction of sp³-hybridized carbons (Fsp3) is 0.833. The lowest BCUT2D eigenvalue weighted by atomic mass is 10.1. The molecule has 0 bridgehead atoms. The molecule has 4 N–H and O–H groups in total. The van der Waals surface area contributed by atoms with E-state index in [1.54, 1.807) is 0 Å². The Morgan fingerprint density at radius 3 is 2.53 bits per heavy atom. The van der Waals surface area contributed by atoms with Crippen LogP contribution < -0.4 is 16.4 Å². The maximum Gasteiger partial charge on any atom is 0.315 e. The van der Waals surface area contributed by atoms with E-state index in [1.165, 1.54) is 0 Å². The zero-order valence-corrected chi connectivity index (χ0v) is 11.9. The lowest BCUT2D eigenvalue weighted by Gasteiger charge is -2.32. The van der Waals surface area contributed by atoms with Crippen LogP contribution in [0.3, 0.4) is 0 Å². The van der Waals surface area contributed by atoms with Gasteiger partial charge in [0.1, 0.15) is 0 Å². The van der Waals surface area contributed by atoms with Crippen molar-refractivity contribution in [2.75, 3.05) is 32.8 Å². The van der Waals surface area contributed by atoms with Gasteiger partial charge < -0.3 is 21.1 Å². The highest BCUT2D eigenvalue weighted by atomic mass is 32.1. The van der Waals surface area contributed by atoms with E-state index >= 15 is 0 Å². The average molecular weight is 286 g/mol. The molecule has 0 aromatic rings. The Morgan fingerprint density at radius 1 is 1.26 bits per heavy atom. The number of amides is 2. The number of nitrogens with two attached hydrogens (primary N) is 1. The maximum absolute atomic E-state index is 11.8. The molecule has 0 aromatic heterocycles. The Kier molecular flexibility index (Phi) is 5.35. The number of urea groups is 1. The van der Waals surface area contributed by atoms with E-state index in [4.69, 9.17) is 22.7 Å². The number of hydrogen-bond donors (Lipinski definition) is 3. The molecule has 6 nitrogen and oxygen atoms in total. The lowest BCUT2D eigenvalue weighted by molar-refractivity contribution is 0.185. The minimum Gasteiger partial charge on any atom is -0.392 e. The van der Waals surface area contributed by atoms with Crippen LogP contribution in [0.1, 0.15) is 19.3 Å². The minimum absolute atomic E-state index is 0.0803. The zero-order chi connectivity index (χ0) is 13.7. The number of thiocarbonyl (C=S) groups is 1. The molecule has 1 atom stereocenters. The molecule has 2 fully saturated rings. The van der Waals surface area contributed by atoms with Crippen LogP contribution in [0, 0.1) is 0 Å². The predicted octanol–water partition coefficient (Wildman–Crippen LogP) is -0.175. The van der Waals surface area contributed by atoms with Crippen LogP contribution in [-0.2, 0) is 4.74 Å². The molecule has 2 aliphatic heterocycles. The van der Waals surface area contributed by atoms with Crippen molar-refractivity contribution < 1.29 is 9.53 Å². The molecule has 0 radical (unpaired) electrons. The first-order valence-corrected chi connectivity index (χ1v) is 7.20. The first-order valence-electron chi connectivity index (χ1n) is 6.79. The fourth-order valence-corrected chi connectivity index (χ4v) is 2.70. The topological polar surface area (TPSA) is 79.6 Å². The summed E-state index contributed by atoms with van der Waals surface area (Å²) in [5.74, 6) is 0. The second kappa shape index (κ2) is 7.02. The normalized spacial score (nSPS) is 25.2. The van der Waals surface area contributed by atoms with E-state index < -0.39 is 0 Å². The summed E-state index contributed by atoms with van der Waals surface area (Å²) in [5, 5.41) is 5.96. The minimum atomic E-state index is -0.0803. The van der Waals surface area contributed by atoms with Gasteiger partial charge in [0.15, 0.2) is 0 Å². The van der Waals surface area contributed by atoms with Gasteiger partial charge in [-0.25, -0.2) is 4.79 Å². The molecule has 2 aliphatic rings. The summed E-state index contributed by atoms with van der Waals surface area (Å²) >= 11 is 4.90. The van der Waals surface area contributed by atoms with Crippen molar-refractivity contribution in [3.05, 3.63) is 0 Å². The summed E-state index contributed by atoms with van der Waals surface area (Å²) in [6.07, 6.45) is 2.79. The molecule has 2 rings (SSSR count). The second-order valence-corrected chi connectivity index (χ2v) is 5.72. The van der Waals surface area contributed by atoms with Gasteiger partial charge in [0.05, 0.1) is 17.6 Å². The van der Waals surface area contributed by atoms with Crippen LogP contribution in [0.5, 0.6) is 0 Å². The summed E-state index contributed by atoms with van der Waals surface area (Å²) in [6.45, 7) is 3.89. The van der Waals surface area contributed by atoms with Crippen LogP contribution in [0.25, 0.3) is 0 Å². The second-order valence-electron chi connectivity index (χ2n) is 5.20. The zero-order valence-electron chi connectivity index (χ0n) is 11.1. The van der Waals surface area contributed by atoms with Crippen LogP contribution in [0.4, 0.5) is 4.79 Å². The summed E-state index contributed by atoms with van der Waals surface area (Å²) in [4.78, 5) is 14.6. The highest BCUT2D eigenvalue weighted by molar-refractivity contribution is 7.80. The van der Waals surface area contributed by atoms with Gasteiger partial charge in [0.2, 0.25) is 0 Å². The smallest absolute Gasteiger partial charge is 0.315 e. The van der Waals surface area contributed by atoms with Crippen molar-refractivity contribution in [1.29, 1.82) is 0 Å². The van der Waals surface area contributed by atoms with Gasteiger partial charge in [0, 0.05) is 32.3 Å². The van der Waals surface area contributed by atoms with E-state index in [-0.39, 0.29) is 18.1 Å². The highest BCUT2D eigenvalue weighted by Crippen LogP contribution is 2.10. The molecule has 19 heavy (non-hydrogen) atoms. The van der Waals surface area contributed by atoms with Gasteiger partial charge in [-0.15, -0.1) is 0 Å². The van der Waals surface area contributed by atoms with E-state index in [1.807, 2.05) is 0 Å². The Labute approximate surface area is 119 Å². The van der Waals surface area contributed by atoms with E-state index in [0.29, 0.717) is 18.1 Å². The van der Waals surface area contributed by atoms with E-state index in [2.05, 4.69) is 15.5 Å². The predicted molar refractivity (Wildman–Crippen MR) is 77.1 cm³/mol. The molecule has 2 saturated heterocycles. The van der Waals surface area contributed by atoms with E-state index in [9.17, 15) is 4.79 Å². The van der Waals surface area contributed by atoms with Crippen molar-refractivity contribution >= 4 is 23.2 Å². The number of carbonyl (C=O) groups is 1. The number of nitrogens with one attached hydrogen (secondary N) is 2. The number of carbonyl (C=O) groups excluding carboxylic acids is 1. The van der Waals surface area contributed by atoms with Crippen molar-refractivity contribution in [3.63, 3.8) is 0 Å². The SMILES string of the molecule is NC(=S)CN1CCC(NC(=O)NC2CCOC2)CC1. The molecular formula is C12H22N4O2S. The number of likely N-dealkylation sites (tertiary alicyclic amines) is 1. The van der Waals surface area contributed by atoms with Gasteiger partial charge in [-0.2, -0.15) is 0 Å². The van der Waals surface area contributed by atoms with E-state index in [0.717, 1.165) is 39.0 Å². The van der Waals surface area contributed by atoms with Gasteiger partial charge in [-0.3, -0.25) is 4.90 Å². The summed E-state index contributed by atoms with van der Waals surface area (Å²) in [6, 6.07) is 0.322. The molecule has 7 heteroatoms. The molecule has 108 valence electrons. The first kappa shape index (κ1) is 14.5. The Bertz CT molecular complexity index is 326. The van der Waals surface area contributed by atoms with Gasteiger partial charge in [0.25, 0.3) is 0 Å². The third-order valence-electron chi connectivity index (χ3n) is 3.57. The van der Waals surface area contributed by atoms with Gasteiger partial charge in [-0.1, -0.05) is 12.2 Å². The van der Waals surface area contributed by atoms with Crippen molar-refractivity contribution in [2.45, 2.75) is 31.3 Å².